The number of aromatic nitrogens is 2. The lowest BCUT2D eigenvalue weighted by atomic mass is 10.3. The Morgan fingerprint density at radius 2 is 1.94 bits per heavy atom. The molecule has 0 bridgehead atoms. The van der Waals surface area contributed by atoms with Gasteiger partial charge >= 0.3 is 0 Å². The molecule has 0 aliphatic carbocycles. The molecule has 2 rings (SSSR count). The lowest BCUT2D eigenvalue weighted by Gasteiger charge is -2.08. The van der Waals surface area contributed by atoms with Crippen LogP contribution in [-0.4, -0.2) is 17.3 Å². The molecular formula is C11H9Cl2N3O. The van der Waals surface area contributed by atoms with Crippen LogP contribution in [0.3, 0.4) is 0 Å². The van der Waals surface area contributed by atoms with Gasteiger partial charge in [0.05, 0.1) is 12.1 Å². The topological polar surface area (TPSA) is 47.0 Å². The first-order valence-corrected chi connectivity index (χ1v) is 5.54. The van der Waals surface area contributed by atoms with Gasteiger partial charge in [0.15, 0.2) is 11.0 Å². The van der Waals surface area contributed by atoms with E-state index in [9.17, 15) is 0 Å². The van der Waals surface area contributed by atoms with Crippen LogP contribution in [0.25, 0.3) is 0 Å². The van der Waals surface area contributed by atoms with Crippen molar-refractivity contribution in [1.29, 1.82) is 0 Å². The zero-order valence-corrected chi connectivity index (χ0v) is 10.5. The molecule has 88 valence electrons. The summed E-state index contributed by atoms with van der Waals surface area (Å²) in [5.74, 6) is 1.19. The normalized spacial score (nSPS) is 10.1. The molecule has 0 atom stereocenters. The van der Waals surface area contributed by atoms with E-state index >= 15 is 0 Å². The maximum absolute atomic E-state index is 5.92. The van der Waals surface area contributed by atoms with E-state index in [0.717, 1.165) is 5.69 Å². The lowest BCUT2D eigenvalue weighted by molar-refractivity contribution is 0.415. The molecule has 6 heteroatoms. The van der Waals surface area contributed by atoms with E-state index in [-0.39, 0.29) is 0 Å². The molecule has 0 aliphatic rings. The Kier molecular flexibility index (Phi) is 3.66. The number of halogens is 2. The summed E-state index contributed by atoms with van der Waals surface area (Å²) in [6.07, 6.45) is 0. The highest BCUT2D eigenvalue weighted by Gasteiger charge is 2.03. The predicted octanol–water partition coefficient (Wildman–Crippen LogP) is 3.54. The fraction of sp³-hybridized carbons (Fsp3) is 0.0909. The minimum absolute atomic E-state index is 0.351. The Hall–Kier alpha value is -1.52. The summed E-state index contributed by atoms with van der Waals surface area (Å²) in [5, 5.41) is 11.6. The Balaban J connectivity index is 2.21. The van der Waals surface area contributed by atoms with Crippen molar-refractivity contribution in [2.45, 2.75) is 0 Å². The molecule has 0 amide bonds. The summed E-state index contributed by atoms with van der Waals surface area (Å²) in [4.78, 5) is 0. The molecule has 17 heavy (non-hydrogen) atoms. The third kappa shape index (κ3) is 2.99. The van der Waals surface area contributed by atoms with Crippen LogP contribution in [0.2, 0.25) is 10.2 Å². The summed E-state index contributed by atoms with van der Waals surface area (Å²) < 4.78 is 5.11. The smallest absolute Gasteiger partial charge is 0.153 e. The number of benzene rings is 1. The standard InChI is InChI=1S/C11H9Cl2N3O/c1-17-9-6-7(2-3-8(9)12)14-11-5-4-10(13)15-16-11/h2-6H,1H3,(H,14,16). The minimum atomic E-state index is 0.351. The highest BCUT2D eigenvalue weighted by Crippen LogP contribution is 2.28. The van der Waals surface area contributed by atoms with Gasteiger partial charge in [0, 0.05) is 11.8 Å². The molecule has 1 aromatic heterocycles. The van der Waals surface area contributed by atoms with E-state index in [0.29, 0.717) is 21.7 Å². The molecule has 0 saturated heterocycles. The molecule has 0 radical (unpaired) electrons. The van der Waals surface area contributed by atoms with Gasteiger partial charge in [-0.1, -0.05) is 23.2 Å². The SMILES string of the molecule is COc1cc(Nc2ccc(Cl)nn2)ccc1Cl. The minimum Gasteiger partial charge on any atom is -0.495 e. The maximum Gasteiger partial charge on any atom is 0.153 e. The molecule has 1 aromatic carbocycles. The van der Waals surface area contributed by atoms with Crippen molar-refractivity contribution in [1.82, 2.24) is 10.2 Å². The Morgan fingerprint density at radius 1 is 1.12 bits per heavy atom. The number of nitrogens with one attached hydrogen (secondary N) is 1. The van der Waals surface area contributed by atoms with Crippen molar-refractivity contribution < 1.29 is 4.74 Å². The van der Waals surface area contributed by atoms with E-state index in [1.807, 2.05) is 6.07 Å². The Morgan fingerprint density at radius 3 is 2.59 bits per heavy atom. The van der Waals surface area contributed by atoms with E-state index in [2.05, 4.69) is 15.5 Å². The Bertz CT molecular complexity index is 517. The highest BCUT2D eigenvalue weighted by atomic mass is 35.5. The summed E-state index contributed by atoms with van der Waals surface area (Å²) >= 11 is 11.6. The van der Waals surface area contributed by atoms with Gasteiger partial charge in [0.2, 0.25) is 0 Å². The third-order valence-corrected chi connectivity index (χ3v) is 2.57. The van der Waals surface area contributed by atoms with Gasteiger partial charge in [-0.25, -0.2) is 0 Å². The first-order chi connectivity index (χ1) is 8.19. The van der Waals surface area contributed by atoms with Crippen molar-refractivity contribution in [3.05, 3.63) is 40.5 Å². The van der Waals surface area contributed by atoms with Crippen LogP contribution in [0.1, 0.15) is 0 Å². The van der Waals surface area contributed by atoms with Crippen LogP contribution in [0.15, 0.2) is 30.3 Å². The van der Waals surface area contributed by atoms with Crippen LogP contribution < -0.4 is 10.1 Å². The first-order valence-electron chi connectivity index (χ1n) is 4.79. The van der Waals surface area contributed by atoms with Crippen molar-refractivity contribution in [2.24, 2.45) is 0 Å². The molecule has 0 fully saturated rings. The molecule has 0 aliphatic heterocycles. The average Bonchev–Trinajstić information content (AvgIpc) is 2.34. The van der Waals surface area contributed by atoms with Gasteiger partial charge in [-0.15, -0.1) is 10.2 Å². The molecule has 4 nitrogen and oxygen atoms in total. The second-order valence-electron chi connectivity index (χ2n) is 3.22. The number of nitrogens with zero attached hydrogens (tertiary/aromatic N) is 2. The quantitative estimate of drug-likeness (QED) is 0.926. The first kappa shape index (κ1) is 12.0. The van der Waals surface area contributed by atoms with Crippen LogP contribution in [-0.2, 0) is 0 Å². The molecular weight excluding hydrogens is 261 g/mol. The zero-order chi connectivity index (χ0) is 12.3. The molecule has 1 N–H and O–H groups in total. The van der Waals surface area contributed by atoms with Crippen molar-refractivity contribution in [3.8, 4) is 5.75 Å². The highest BCUT2D eigenvalue weighted by molar-refractivity contribution is 6.32. The number of hydrogen-bond acceptors (Lipinski definition) is 4. The van der Waals surface area contributed by atoms with Crippen LogP contribution in [0.5, 0.6) is 5.75 Å². The van der Waals surface area contributed by atoms with Gasteiger partial charge in [-0.05, 0) is 24.3 Å². The summed E-state index contributed by atoms with van der Waals surface area (Å²) in [6.45, 7) is 0. The second kappa shape index (κ2) is 5.21. The monoisotopic (exact) mass is 269 g/mol. The summed E-state index contributed by atoms with van der Waals surface area (Å²) in [6, 6.07) is 8.73. The van der Waals surface area contributed by atoms with Crippen LogP contribution in [0, 0.1) is 0 Å². The molecule has 2 aromatic rings. The number of rotatable bonds is 3. The fourth-order valence-corrected chi connectivity index (χ4v) is 1.56. The van der Waals surface area contributed by atoms with Crippen molar-refractivity contribution >= 4 is 34.7 Å². The third-order valence-electron chi connectivity index (χ3n) is 2.06. The van der Waals surface area contributed by atoms with Crippen molar-refractivity contribution in [3.63, 3.8) is 0 Å². The predicted molar refractivity (Wildman–Crippen MR) is 68.3 cm³/mol. The van der Waals surface area contributed by atoms with E-state index in [1.165, 1.54) is 0 Å². The van der Waals surface area contributed by atoms with Gasteiger partial charge in [0.1, 0.15) is 5.75 Å². The average molecular weight is 270 g/mol. The van der Waals surface area contributed by atoms with E-state index in [1.54, 1.807) is 31.4 Å². The maximum atomic E-state index is 5.92. The van der Waals surface area contributed by atoms with Gasteiger partial charge in [-0.3, -0.25) is 0 Å². The largest absolute Gasteiger partial charge is 0.495 e. The summed E-state index contributed by atoms with van der Waals surface area (Å²) in [5.41, 5.74) is 0.808. The second-order valence-corrected chi connectivity index (χ2v) is 4.01. The number of ether oxygens (including phenoxy) is 1. The molecule has 0 saturated carbocycles. The van der Waals surface area contributed by atoms with E-state index in [4.69, 9.17) is 27.9 Å². The van der Waals surface area contributed by atoms with Gasteiger partial charge in [-0.2, -0.15) is 0 Å². The number of methoxy groups -OCH3 is 1. The molecule has 1 heterocycles. The van der Waals surface area contributed by atoms with Crippen LogP contribution >= 0.6 is 23.2 Å². The fourth-order valence-electron chi connectivity index (χ4n) is 1.27. The zero-order valence-electron chi connectivity index (χ0n) is 8.95. The van der Waals surface area contributed by atoms with Crippen LogP contribution in [0.4, 0.5) is 11.5 Å². The number of anilines is 2. The van der Waals surface area contributed by atoms with Gasteiger partial charge < -0.3 is 10.1 Å². The molecule has 0 spiro atoms. The molecule has 0 unspecified atom stereocenters. The summed E-state index contributed by atoms with van der Waals surface area (Å²) in [7, 11) is 1.56. The van der Waals surface area contributed by atoms with E-state index < -0.39 is 0 Å². The van der Waals surface area contributed by atoms with Gasteiger partial charge in [0.25, 0.3) is 0 Å². The lowest BCUT2D eigenvalue weighted by Crippen LogP contribution is -1.95. The number of hydrogen-bond donors (Lipinski definition) is 1. The van der Waals surface area contributed by atoms with Crippen molar-refractivity contribution in [2.75, 3.05) is 12.4 Å². The Labute approximate surface area is 109 Å².